The van der Waals surface area contributed by atoms with Crippen LogP contribution in [0.4, 0.5) is 11.6 Å². The molecular weight excluding hydrogens is 274 g/mol. The van der Waals surface area contributed by atoms with Crippen LogP contribution in [0.5, 0.6) is 0 Å². The van der Waals surface area contributed by atoms with E-state index in [0.717, 1.165) is 22.0 Å². The van der Waals surface area contributed by atoms with Gasteiger partial charge in [0.05, 0.1) is 0 Å². The molecule has 2 aromatic rings. The predicted molar refractivity (Wildman–Crippen MR) is 82.8 cm³/mol. The molecule has 0 amide bonds. The minimum Gasteiger partial charge on any atom is -0.363 e. The third kappa shape index (κ3) is 3.18. The number of hydrogen-bond acceptors (Lipinski definition) is 5. The summed E-state index contributed by atoms with van der Waals surface area (Å²) in [6.07, 6.45) is 0. The van der Waals surface area contributed by atoms with Crippen LogP contribution in [0, 0.1) is 13.8 Å². The molecule has 0 aliphatic heterocycles. The Balaban J connectivity index is 2.25. The summed E-state index contributed by atoms with van der Waals surface area (Å²) in [4.78, 5) is 8.66. The Morgan fingerprint density at radius 1 is 1.10 bits per heavy atom. The van der Waals surface area contributed by atoms with Gasteiger partial charge in [-0.1, -0.05) is 23.7 Å². The second-order valence-corrected chi connectivity index (χ2v) is 5.09. The van der Waals surface area contributed by atoms with Gasteiger partial charge in [-0.25, -0.2) is 15.8 Å². The van der Waals surface area contributed by atoms with Crippen molar-refractivity contribution in [1.82, 2.24) is 9.97 Å². The molecule has 0 bridgehead atoms. The van der Waals surface area contributed by atoms with Crippen LogP contribution in [-0.2, 0) is 0 Å². The number of aromatic nitrogens is 2. The van der Waals surface area contributed by atoms with E-state index in [4.69, 9.17) is 17.4 Å². The molecule has 0 spiro atoms. The van der Waals surface area contributed by atoms with E-state index in [0.29, 0.717) is 11.6 Å². The highest BCUT2D eigenvalue weighted by atomic mass is 35.5. The van der Waals surface area contributed by atoms with Gasteiger partial charge in [-0.15, -0.1) is 0 Å². The lowest BCUT2D eigenvalue weighted by Gasteiger charge is -2.18. The molecule has 0 radical (unpaired) electrons. The molecule has 0 saturated heterocycles. The van der Waals surface area contributed by atoms with Crippen molar-refractivity contribution in [2.45, 2.75) is 26.8 Å². The van der Waals surface area contributed by atoms with Crippen LogP contribution in [0.1, 0.15) is 29.9 Å². The number of hydrazine groups is 1. The largest absolute Gasteiger partial charge is 0.363 e. The van der Waals surface area contributed by atoms with Gasteiger partial charge in [-0.2, -0.15) is 0 Å². The van der Waals surface area contributed by atoms with E-state index < -0.39 is 0 Å². The highest BCUT2D eigenvalue weighted by Gasteiger charge is 2.12. The number of rotatable bonds is 4. The van der Waals surface area contributed by atoms with Gasteiger partial charge in [0.15, 0.2) is 0 Å². The summed E-state index contributed by atoms with van der Waals surface area (Å²) in [5, 5.41) is 4.10. The van der Waals surface area contributed by atoms with Gasteiger partial charge in [0.1, 0.15) is 17.5 Å². The average Bonchev–Trinajstić information content (AvgIpc) is 2.43. The molecule has 2 rings (SSSR count). The third-order valence-electron chi connectivity index (χ3n) is 3.12. The topological polar surface area (TPSA) is 75.9 Å². The number of nitrogens with zero attached hydrogens (tertiary/aromatic N) is 2. The average molecular weight is 292 g/mol. The zero-order chi connectivity index (χ0) is 14.7. The van der Waals surface area contributed by atoms with Crippen molar-refractivity contribution >= 4 is 23.2 Å². The molecule has 4 N–H and O–H groups in total. The smallest absolute Gasteiger partial charge is 0.148 e. The van der Waals surface area contributed by atoms with Gasteiger partial charge in [0, 0.05) is 16.6 Å². The van der Waals surface area contributed by atoms with Crippen LogP contribution < -0.4 is 16.6 Å². The minimum absolute atomic E-state index is 0.103. The molecule has 1 aromatic heterocycles. The highest BCUT2D eigenvalue weighted by molar-refractivity contribution is 6.30. The van der Waals surface area contributed by atoms with Gasteiger partial charge >= 0.3 is 0 Å². The molecule has 1 unspecified atom stereocenters. The van der Waals surface area contributed by atoms with Crippen LogP contribution in [0.3, 0.4) is 0 Å². The Morgan fingerprint density at radius 3 is 2.30 bits per heavy atom. The summed E-state index contributed by atoms with van der Waals surface area (Å²) in [5.74, 6) is 7.52. The number of benzene rings is 1. The van der Waals surface area contributed by atoms with Crippen LogP contribution in [0.2, 0.25) is 5.02 Å². The Bertz CT molecular complexity index is 597. The monoisotopic (exact) mass is 291 g/mol. The van der Waals surface area contributed by atoms with Crippen LogP contribution in [-0.4, -0.2) is 9.97 Å². The lowest BCUT2D eigenvalue weighted by Crippen LogP contribution is -2.15. The number of nitrogen functional groups attached to an aromatic ring is 1. The lowest BCUT2D eigenvalue weighted by atomic mass is 10.1. The first-order valence-corrected chi connectivity index (χ1v) is 6.73. The zero-order valence-corrected chi connectivity index (χ0v) is 12.5. The maximum atomic E-state index is 5.90. The molecule has 0 aliphatic carbocycles. The van der Waals surface area contributed by atoms with Crippen molar-refractivity contribution in [3.63, 3.8) is 0 Å². The normalized spacial score (nSPS) is 12.1. The number of halogens is 1. The first-order valence-electron chi connectivity index (χ1n) is 6.35. The van der Waals surface area contributed by atoms with Crippen molar-refractivity contribution in [2.75, 3.05) is 10.7 Å². The summed E-state index contributed by atoms with van der Waals surface area (Å²) in [6.45, 7) is 5.82. The second-order valence-electron chi connectivity index (χ2n) is 4.65. The maximum absolute atomic E-state index is 5.90. The third-order valence-corrected chi connectivity index (χ3v) is 3.37. The predicted octanol–water partition coefficient (Wildman–Crippen LogP) is 3.21. The molecule has 6 heteroatoms. The zero-order valence-electron chi connectivity index (χ0n) is 11.7. The number of nitrogens with one attached hydrogen (secondary N) is 2. The highest BCUT2D eigenvalue weighted by Crippen LogP contribution is 2.24. The van der Waals surface area contributed by atoms with Crippen LogP contribution in [0.25, 0.3) is 0 Å². The van der Waals surface area contributed by atoms with Gasteiger partial charge in [-0.3, -0.25) is 0 Å². The van der Waals surface area contributed by atoms with Crippen LogP contribution >= 0.6 is 11.6 Å². The molecule has 0 saturated carbocycles. The lowest BCUT2D eigenvalue weighted by molar-refractivity contribution is 0.862. The first kappa shape index (κ1) is 14.6. The van der Waals surface area contributed by atoms with E-state index in [1.807, 2.05) is 38.1 Å². The van der Waals surface area contributed by atoms with E-state index in [-0.39, 0.29) is 6.04 Å². The van der Waals surface area contributed by atoms with E-state index in [2.05, 4.69) is 27.6 Å². The molecular formula is C14H18ClN5. The molecule has 1 atom stereocenters. The standard InChI is InChI=1S/C14H18ClN5/c1-8-13(18-10(3)19-14(8)20-16)17-9(2)11-4-6-12(15)7-5-11/h4-7,9H,16H2,1-3H3,(H2,17,18,19,20). The fourth-order valence-corrected chi connectivity index (χ4v) is 2.08. The molecule has 0 aliphatic rings. The van der Waals surface area contributed by atoms with Crippen molar-refractivity contribution in [1.29, 1.82) is 0 Å². The van der Waals surface area contributed by atoms with Crippen molar-refractivity contribution < 1.29 is 0 Å². The second kappa shape index (κ2) is 6.07. The molecule has 1 heterocycles. The molecule has 0 fully saturated rings. The van der Waals surface area contributed by atoms with E-state index in [1.54, 1.807) is 0 Å². The number of anilines is 2. The number of nitrogens with two attached hydrogens (primary N) is 1. The summed E-state index contributed by atoms with van der Waals surface area (Å²) < 4.78 is 0. The summed E-state index contributed by atoms with van der Waals surface area (Å²) >= 11 is 5.90. The number of hydrogen-bond donors (Lipinski definition) is 3. The molecule has 20 heavy (non-hydrogen) atoms. The fourth-order valence-electron chi connectivity index (χ4n) is 1.95. The summed E-state index contributed by atoms with van der Waals surface area (Å²) in [7, 11) is 0. The first-order chi connectivity index (χ1) is 9.51. The van der Waals surface area contributed by atoms with E-state index in [9.17, 15) is 0 Å². The molecule has 106 valence electrons. The Kier molecular flexibility index (Phi) is 4.42. The summed E-state index contributed by atoms with van der Waals surface area (Å²) in [6, 6.07) is 7.84. The SMILES string of the molecule is Cc1nc(NN)c(C)c(NC(C)c2ccc(Cl)cc2)n1. The van der Waals surface area contributed by atoms with E-state index in [1.165, 1.54) is 0 Å². The quantitative estimate of drug-likeness (QED) is 0.596. The minimum atomic E-state index is 0.103. The van der Waals surface area contributed by atoms with Gasteiger partial charge < -0.3 is 10.7 Å². The number of aryl methyl sites for hydroxylation is 1. The van der Waals surface area contributed by atoms with Crippen LogP contribution in [0.15, 0.2) is 24.3 Å². The van der Waals surface area contributed by atoms with Gasteiger partial charge in [-0.05, 0) is 38.5 Å². The fraction of sp³-hybridized carbons (Fsp3) is 0.286. The van der Waals surface area contributed by atoms with Crippen molar-refractivity contribution in [2.24, 2.45) is 5.84 Å². The Morgan fingerprint density at radius 2 is 1.70 bits per heavy atom. The van der Waals surface area contributed by atoms with Crippen molar-refractivity contribution in [3.05, 3.63) is 46.2 Å². The summed E-state index contributed by atoms with van der Waals surface area (Å²) in [5.41, 5.74) is 4.61. The Labute approximate surface area is 123 Å². The Hall–Kier alpha value is -1.85. The maximum Gasteiger partial charge on any atom is 0.148 e. The van der Waals surface area contributed by atoms with Gasteiger partial charge in [0.2, 0.25) is 0 Å². The molecule has 5 nitrogen and oxygen atoms in total. The van der Waals surface area contributed by atoms with E-state index >= 15 is 0 Å². The van der Waals surface area contributed by atoms with Crippen molar-refractivity contribution in [3.8, 4) is 0 Å². The van der Waals surface area contributed by atoms with Gasteiger partial charge in [0.25, 0.3) is 0 Å². The molecule has 1 aromatic carbocycles.